The molecule has 0 bridgehead atoms. The van der Waals surface area contributed by atoms with Gasteiger partial charge in [0.1, 0.15) is 12.8 Å². The lowest BCUT2D eigenvalue weighted by molar-refractivity contribution is -0.0487. The van der Waals surface area contributed by atoms with E-state index in [-0.39, 0.29) is 13.2 Å². The molecule has 3 N–H and O–H groups in total. The second-order valence-corrected chi connectivity index (χ2v) is 8.38. The van der Waals surface area contributed by atoms with E-state index >= 15 is 0 Å². The number of rotatable bonds is 7. The van der Waals surface area contributed by atoms with Crippen molar-refractivity contribution >= 4 is 0 Å². The molecule has 0 aliphatic carbocycles. The van der Waals surface area contributed by atoms with Gasteiger partial charge in [-0.15, -0.1) is 5.10 Å². The Labute approximate surface area is 187 Å². The second kappa shape index (κ2) is 9.13. The number of aryl methyl sites for hydroxylation is 2. The minimum atomic E-state index is -0.697. The number of aromatic nitrogens is 2. The largest absolute Gasteiger partial charge is 0.474 e. The topological polar surface area (TPSA) is 105 Å². The molecule has 2 heterocycles. The quantitative estimate of drug-likeness (QED) is 0.529. The number of aromatic amines is 1. The second-order valence-electron chi connectivity index (χ2n) is 8.38. The average molecular weight is 433 g/mol. The van der Waals surface area contributed by atoms with Crippen LogP contribution in [-0.4, -0.2) is 51.6 Å². The highest BCUT2D eigenvalue weighted by Crippen LogP contribution is 2.37. The van der Waals surface area contributed by atoms with Crippen molar-refractivity contribution in [3.63, 3.8) is 0 Å². The summed E-state index contributed by atoms with van der Waals surface area (Å²) in [5.41, 5.74) is 7.53. The number of ether oxygens (including phenoxy) is 1. The van der Waals surface area contributed by atoms with Crippen molar-refractivity contribution in [3.05, 3.63) is 69.8 Å². The number of hydrogen-bond acceptors (Lipinski definition) is 6. The van der Waals surface area contributed by atoms with Crippen molar-refractivity contribution in [2.45, 2.75) is 32.9 Å². The maximum absolute atomic E-state index is 11.1. The number of benzene rings is 2. The van der Waals surface area contributed by atoms with Crippen LogP contribution >= 0.6 is 0 Å². The Balaban J connectivity index is 1.53. The lowest BCUT2D eigenvalue weighted by atomic mass is 9.89. The molecule has 0 spiro atoms. The van der Waals surface area contributed by atoms with Crippen molar-refractivity contribution in [1.82, 2.24) is 15.1 Å². The van der Waals surface area contributed by atoms with Gasteiger partial charge < -0.3 is 14.9 Å². The molecule has 1 unspecified atom stereocenters. The van der Waals surface area contributed by atoms with Gasteiger partial charge in [0, 0.05) is 30.1 Å². The fourth-order valence-corrected chi connectivity index (χ4v) is 4.29. The van der Waals surface area contributed by atoms with Crippen LogP contribution in [0.1, 0.15) is 45.5 Å². The SMILES string of the molecule is Cc1cc(C)c(C(O)N2CC(c3ccc(C#N)cc3)C2)cc1-c1[nH]nc(OCCO)c1C. The fraction of sp³-hybridized carbons (Fsp3) is 0.360. The van der Waals surface area contributed by atoms with E-state index in [0.717, 1.165) is 46.6 Å². The Hall–Kier alpha value is -3.18. The Kier molecular flexibility index (Phi) is 6.28. The van der Waals surface area contributed by atoms with Gasteiger partial charge in [-0.05, 0) is 61.2 Å². The third-order valence-corrected chi connectivity index (χ3v) is 6.22. The molecule has 7 heteroatoms. The summed E-state index contributed by atoms with van der Waals surface area (Å²) < 4.78 is 5.49. The van der Waals surface area contributed by atoms with Gasteiger partial charge >= 0.3 is 0 Å². The van der Waals surface area contributed by atoms with E-state index in [4.69, 9.17) is 15.1 Å². The summed E-state index contributed by atoms with van der Waals surface area (Å²) in [5, 5.41) is 36.4. The van der Waals surface area contributed by atoms with Crippen LogP contribution in [0, 0.1) is 32.1 Å². The predicted molar refractivity (Wildman–Crippen MR) is 121 cm³/mol. The first-order valence-corrected chi connectivity index (χ1v) is 10.7. The molecule has 1 aliphatic rings. The number of nitrogens with one attached hydrogen (secondary N) is 1. The van der Waals surface area contributed by atoms with Gasteiger partial charge in [-0.3, -0.25) is 10.00 Å². The maximum atomic E-state index is 11.1. The van der Waals surface area contributed by atoms with E-state index < -0.39 is 6.23 Å². The molecule has 1 fully saturated rings. The third-order valence-electron chi connectivity index (χ3n) is 6.22. The first-order valence-electron chi connectivity index (χ1n) is 10.7. The molecule has 32 heavy (non-hydrogen) atoms. The van der Waals surface area contributed by atoms with Gasteiger partial charge in [0.2, 0.25) is 5.88 Å². The molecule has 4 rings (SSSR count). The Morgan fingerprint density at radius 1 is 1.19 bits per heavy atom. The number of aliphatic hydroxyl groups excluding tert-OH is 2. The standard InChI is InChI=1S/C25H28N4O3/c1-15-10-16(2)22(11-21(15)23-17(3)24(28-27-23)32-9-8-30)25(31)29-13-20(14-29)19-6-4-18(12-26)5-7-19/h4-7,10-11,20,25,30-31H,8-9,13-14H2,1-3H3,(H,27,28). The first kappa shape index (κ1) is 22.0. The van der Waals surface area contributed by atoms with Crippen LogP contribution in [0.2, 0.25) is 0 Å². The van der Waals surface area contributed by atoms with Gasteiger partial charge in [-0.2, -0.15) is 5.26 Å². The first-order chi connectivity index (χ1) is 15.4. The van der Waals surface area contributed by atoms with E-state index in [1.54, 1.807) is 0 Å². The summed E-state index contributed by atoms with van der Waals surface area (Å²) in [6.07, 6.45) is -0.697. The number of likely N-dealkylation sites (tertiary alicyclic amines) is 1. The highest BCUT2D eigenvalue weighted by Gasteiger charge is 2.34. The monoisotopic (exact) mass is 432 g/mol. The normalized spacial score (nSPS) is 15.2. The molecule has 7 nitrogen and oxygen atoms in total. The van der Waals surface area contributed by atoms with Gasteiger partial charge in [0.25, 0.3) is 0 Å². The Morgan fingerprint density at radius 3 is 2.56 bits per heavy atom. The highest BCUT2D eigenvalue weighted by atomic mass is 16.5. The Morgan fingerprint density at radius 2 is 1.91 bits per heavy atom. The fourth-order valence-electron chi connectivity index (χ4n) is 4.29. The van der Waals surface area contributed by atoms with E-state index in [0.29, 0.717) is 17.4 Å². The van der Waals surface area contributed by atoms with Gasteiger partial charge in [0.05, 0.1) is 23.9 Å². The lowest BCUT2D eigenvalue weighted by Gasteiger charge is -2.43. The number of nitriles is 1. The smallest absolute Gasteiger partial charge is 0.236 e. The molecule has 1 atom stereocenters. The minimum absolute atomic E-state index is 0.0686. The van der Waals surface area contributed by atoms with Crippen molar-refractivity contribution in [3.8, 4) is 23.2 Å². The molecule has 0 amide bonds. The third kappa shape index (κ3) is 4.13. The molecule has 166 valence electrons. The zero-order valence-electron chi connectivity index (χ0n) is 18.6. The van der Waals surface area contributed by atoms with E-state index in [1.807, 2.05) is 51.1 Å². The Bertz CT molecular complexity index is 1140. The average Bonchev–Trinajstić information content (AvgIpc) is 3.11. The molecule has 1 aromatic heterocycles. The van der Waals surface area contributed by atoms with Crippen LogP contribution in [0.5, 0.6) is 5.88 Å². The van der Waals surface area contributed by atoms with Crippen molar-refractivity contribution in [2.24, 2.45) is 0 Å². The predicted octanol–water partition coefficient (Wildman–Crippen LogP) is 3.34. The molecule has 2 aromatic carbocycles. The minimum Gasteiger partial charge on any atom is -0.474 e. The number of aliphatic hydroxyl groups is 2. The van der Waals surface area contributed by atoms with Gasteiger partial charge in [-0.25, -0.2) is 0 Å². The molecule has 0 radical (unpaired) electrons. The summed E-state index contributed by atoms with van der Waals surface area (Å²) in [5.74, 6) is 0.827. The zero-order chi connectivity index (χ0) is 22.8. The number of nitrogens with zero attached hydrogens (tertiary/aromatic N) is 3. The lowest BCUT2D eigenvalue weighted by Crippen LogP contribution is -2.47. The number of hydrogen-bond donors (Lipinski definition) is 3. The molecule has 1 saturated heterocycles. The highest BCUT2D eigenvalue weighted by molar-refractivity contribution is 5.70. The van der Waals surface area contributed by atoms with Crippen LogP contribution in [0.25, 0.3) is 11.3 Å². The van der Waals surface area contributed by atoms with Crippen molar-refractivity contribution in [1.29, 1.82) is 5.26 Å². The van der Waals surface area contributed by atoms with E-state index in [2.05, 4.69) is 27.2 Å². The summed E-state index contributed by atoms with van der Waals surface area (Å²) >= 11 is 0. The molecular formula is C25H28N4O3. The molecule has 3 aromatic rings. The summed E-state index contributed by atoms with van der Waals surface area (Å²) in [6.45, 7) is 7.63. The van der Waals surface area contributed by atoms with Gasteiger partial charge in [-0.1, -0.05) is 18.2 Å². The van der Waals surface area contributed by atoms with Crippen molar-refractivity contribution in [2.75, 3.05) is 26.3 Å². The summed E-state index contributed by atoms with van der Waals surface area (Å²) in [4.78, 5) is 2.06. The molecule has 0 saturated carbocycles. The van der Waals surface area contributed by atoms with Crippen LogP contribution < -0.4 is 4.74 Å². The van der Waals surface area contributed by atoms with Crippen LogP contribution in [0.15, 0.2) is 36.4 Å². The van der Waals surface area contributed by atoms with Crippen molar-refractivity contribution < 1.29 is 14.9 Å². The zero-order valence-corrected chi connectivity index (χ0v) is 18.6. The van der Waals surface area contributed by atoms with Crippen LogP contribution in [0.3, 0.4) is 0 Å². The summed E-state index contributed by atoms with van der Waals surface area (Å²) in [7, 11) is 0. The van der Waals surface area contributed by atoms with Crippen LogP contribution in [0.4, 0.5) is 0 Å². The van der Waals surface area contributed by atoms with Gasteiger partial charge in [0.15, 0.2) is 0 Å². The number of H-pyrrole nitrogens is 1. The molecular weight excluding hydrogens is 404 g/mol. The van der Waals surface area contributed by atoms with E-state index in [1.165, 1.54) is 5.56 Å². The van der Waals surface area contributed by atoms with E-state index in [9.17, 15) is 5.11 Å². The van der Waals surface area contributed by atoms with Crippen LogP contribution in [-0.2, 0) is 0 Å². The summed E-state index contributed by atoms with van der Waals surface area (Å²) in [6, 6.07) is 13.9. The molecule has 1 aliphatic heterocycles. The maximum Gasteiger partial charge on any atom is 0.236 e.